The van der Waals surface area contributed by atoms with Crippen LogP contribution in [0.15, 0.2) is 97.2 Å². The van der Waals surface area contributed by atoms with E-state index in [0.717, 1.165) is 34.3 Å². The Bertz CT molecular complexity index is 1380. The number of carbonyl (C=O) groups is 1. The molecule has 0 saturated heterocycles. The third-order valence-electron chi connectivity index (χ3n) is 5.70. The number of carbonyl (C=O) groups excluding carboxylic acids is 1. The number of ether oxygens (including phenoxy) is 1. The number of benzene rings is 3. The summed E-state index contributed by atoms with van der Waals surface area (Å²) in [6.45, 7) is 3.44. The van der Waals surface area contributed by atoms with Gasteiger partial charge in [0, 0.05) is 29.2 Å². The molecule has 0 amide bonds. The molecule has 3 aromatic carbocycles. The number of para-hydroxylation sites is 1. The number of hydrogen-bond acceptors (Lipinski definition) is 3. The molecule has 5 aromatic rings. The fourth-order valence-electron chi connectivity index (χ4n) is 4.18. The van der Waals surface area contributed by atoms with Crippen molar-refractivity contribution < 1.29 is 9.53 Å². The molecule has 0 aliphatic heterocycles. The van der Waals surface area contributed by atoms with Crippen molar-refractivity contribution in [2.45, 2.75) is 20.0 Å². The van der Waals surface area contributed by atoms with Crippen molar-refractivity contribution in [2.24, 2.45) is 0 Å². The molecule has 5 heteroatoms. The van der Waals surface area contributed by atoms with Crippen LogP contribution in [-0.2, 0) is 17.8 Å². The van der Waals surface area contributed by atoms with Crippen LogP contribution in [0.3, 0.4) is 0 Å². The molecule has 0 saturated carbocycles. The second-order valence-electron chi connectivity index (χ2n) is 7.95. The Balaban J connectivity index is 1.63. The van der Waals surface area contributed by atoms with Crippen molar-refractivity contribution in [3.05, 3.63) is 114 Å². The molecule has 0 N–H and O–H groups in total. The number of nitrogens with zero attached hydrogens (tertiary/aromatic N) is 3. The number of fused-ring (bicyclic) bond motifs is 1. The minimum absolute atomic E-state index is 0.316. The van der Waals surface area contributed by atoms with Gasteiger partial charge in [0.25, 0.3) is 0 Å². The Hall–Kier alpha value is -4.12. The summed E-state index contributed by atoms with van der Waals surface area (Å²) in [7, 11) is 0. The summed E-state index contributed by atoms with van der Waals surface area (Å²) in [6, 6.07) is 30.7. The van der Waals surface area contributed by atoms with Gasteiger partial charge >= 0.3 is 5.97 Å². The average molecular weight is 436 g/mol. The highest BCUT2D eigenvalue weighted by molar-refractivity contribution is 5.97. The first-order valence-electron chi connectivity index (χ1n) is 11.1. The van der Waals surface area contributed by atoms with Crippen molar-refractivity contribution >= 4 is 16.9 Å². The van der Waals surface area contributed by atoms with E-state index in [1.807, 2.05) is 41.1 Å². The summed E-state index contributed by atoms with van der Waals surface area (Å²) in [4.78, 5) is 12.5. The van der Waals surface area contributed by atoms with E-state index in [0.29, 0.717) is 18.8 Å². The van der Waals surface area contributed by atoms with E-state index in [1.165, 1.54) is 5.56 Å². The third kappa shape index (κ3) is 4.30. The molecule has 2 heterocycles. The summed E-state index contributed by atoms with van der Waals surface area (Å²) < 4.78 is 9.39. The molecular weight excluding hydrogens is 410 g/mol. The molecule has 2 aromatic heterocycles. The van der Waals surface area contributed by atoms with Gasteiger partial charge in [-0.1, -0.05) is 78.9 Å². The Morgan fingerprint density at radius 2 is 1.48 bits per heavy atom. The SMILES string of the molecule is CCOC(=O)c1cc(-c2cn(Cc3ccccc3)c3ccccc23)n(Cc2ccccc2)n1. The molecule has 0 unspecified atom stereocenters. The van der Waals surface area contributed by atoms with Crippen molar-refractivity contribution in [1.82, 2.24) is 14.3 Å². The molecular formula is C28H25N3O2. The highest BCUT2D eigenvalue weighted by atomic mass is 16.5. The van der Waals surface area contributed by atoms with Crippen LogP contribution < -0.4 is 0 Å². The van der Waals surface area contributed by atoms with Crippen LogP contribution in [0.5, 0.6) is 0 Å². The molecule has 33 heavy (non-hydrogen) atoms. The van der Waals surface area contributed by atoms with Gasteiger partial charge in [-0.3, -0.25) is 4.68 Å². The predicted molar refractivity (Wildman–Crippen MR) is 130 cm³/mol. The Kier molecular flexibility index (Phi) is 5.77. The first-order chi connectivity index (χ1) is 16.2. The summed E-state index contributed by atoms with van der Waals surface area (Å²) in [5.41, 5.74) is 5.75. The average Bonchev–Trinajstić information content (AvgIpc) is 3.42. The van der Waals surface area contributed by atoms with Gasteiger partial charge < -0.3 is 9.30 Å². The largest absolute Gasteiger partial charge is 0.461 e. The monoisotopic (exact) mass is 435 g/mol. The van der Waals surface area contributed by atoms with Gasteiger partial charge in [-0.2, -0.15) is 5.10 Å². The topological polar surface area (TPSA) is 49.0 Å². The molecule has 0 aliphatic rings. The van der Waals surface area contributed by atoms with Gasteiger partial charge in [-0.25, -0.2) is 4.79 Å². The first-order valence-corrected chi connectivity index (χ1v) is 11.1. The second kappa shape index (κ2) is 9.17. The van der Waals surface area contributed by atoms with Crippen molar-refractivity contribution in [3.63, 3.8) is 0 Å². The minimum Gasteiger partial charge on any atom is -0.461 e. The highest BCUT2D eigenvalue weighted by Gasteiger charge is 2.20. The molecule has 5 rings (SSSR count). The number of esters is 1. The molecule has 0 radical (unpaired) electrons. The zero-order chi connectivity index (χ0) is 22.6. The van der Waals surface area contributed by atoms with E-state index in [4.69, 9.17) is 4.74 Å². The zero-order valence-corrected chi connectivity index (χ0v) is 18.5. The Morgan fingerprint density at radius 3 is 2.18 bits per heavy atom. The van der Waals surface area contributed by atoms with Gasteiger partial charge in [-0.05, 0) is 30.2 Å². The van der Waals surface area contributed by atoms with Gasteiger partial charge in [-0.15, -0.1) is 0 Å². The molecule has 164 valence electrons. The van der Waals surface area contributed by atoms with E-state index < -0.39 is 5.97 Å². The molecule has 0 spiro atoms. The van der Waals surface area contributed by atoms with E-state index in [2.05, 4.69) is 70.5 Å². The van der Waals surface area contributed by atoms with Crippen LogP contribution in [0, 0.1) is 0 Å². The smallest absolute Gasteiger partial charge is 0.358 e. The van der Waals surface area contributed by atoms with Crippen LogP contribution in [0.4, 0.5) is 0 Å². The number of hydrogen-bond donors (Lipinski definition) is 0. The maximum Gasteiger partial charge on any atom is 0.358 e. The predicted octanol–water partition coefficient (Wildman–Crippen LogP) is 5.78. The lowest BCUT2D eigenvalue weighted by atomic mass is 10.1. The lowest BCUT2D eigenvalue weighted by Crippen LogP contribution is -2.08. The summed E-state index contributed by atoms with van der Waals surface area (Å²) in [6.07, 6.45) is 2.16. The van der Waals surface area contributed by atoms with E-state index in [-0.39, 0.29) is 0 Å². The van der Waals surface area contributed by atoms with Crippen LogP contribution in [0.25, 0.3) is 22.2 Å². The van der Waals surface area contributed by atoms with Crippen LogP contribution >= 0.6 is 0 Å². The highest BCUT2D eigenvalue weighted by Crippen LogP contribution is 2.32. The first kappa shape index (κ1) is 20.8. The zero-order valence-electron chi connectivity index (χ0n) is 18.5. The number of aromatic nitrogens is 3. The summed E-state index contributed by atoms with van der Waals surface area (Å²) in [5.74, 6) is -0.404. The maximum atomic E-state index is 12.5. The van der Waals surface area contributed by atoms with E-state index in [9.17, 15) is 4.79 Å². The molecule has 0 fully saturated rings. The summed E-state index contributed by atoms with van der Waals surface area (Å²) in [5, 5.41) is 5.76. The molecule has 0 atom stereocenters. The fourth-order valence-corrected chi connectivity index (χ4v) is 4.18. The van der Waals surface area contributed by atoms with E-state index in [1.54, 1.807) is 6.92 Å². The maximum absolute atomic E-state index is 12.5. The third-order valence-corrected chi connectivity index (χ3v) is 5.70. The van der Waals surface area contributed by atoms with Crippen molar-refractivity contribution in [3.8, 4) is 11.3 Å². The van der Waals surface area contributed by atoms with Gasteiger partial charge in [0.05, 0.1) is 18.8 Å². The molecule has 0 bridgehead atoms. The normalized spacial score (nSPS) is 11.1. The minimum atomic E-state index is -0.404. The van der Waals surface area contributed by atoms with Gasteiger partial charge in [0.2, 0.25) is 0 Å². The van der Waals surface area contributed by atoms with Crippen LogP contribution in [0.2, 0.25) is 0 Å². The Morgan fingerprint density at radius 1 is 0.848 bits per heavy atom. The van der Waals surface area contributed by atoms with Gasteiger partial charge in [0.15, 0.2) is 5.69 Å². The lowest BCUT2D eigenvalue weighted by molar-refractivity contribution is 0.0518. The van der Waals surface area contributed by atoms with Gasteiger partial charge in [0.1, 0.15) is 0 Å². The van der Waals surface area contributed by atoms with Crippen molar-refractivity contribution in [1.29, 1.82) is 0 Å². The number of rotatable bonds is 7. The quantitative estimate of drug-likeness (QED) is 0.305. The fraction of sp³-hybridized carbons (Fsp3) is 0.143. The Labute approximate surface area is 192 Å². The van der Waals surface area contributed by atoms with Crippen molar-refractivity contribution in [2.75, 3.05) is 6.61 Å². The second-order valence-corrected chi connectivity index (χ2v) is 7.95. The van der Waals surface area contributed by atoms with E-state index >= 15 is 0 Å². The summed E-state index contributed by atoms with van der Waals surface area (Å²) >= 11 is 0. The molecule has 0 aliphatic carbocycles. The molecule has 5 nitrogen and oxygen atoms in total. The van der Waals surface area contributed by atoms with Crippen LogP contribution in [-0.4, -0.2) is 26.9 Å². The lowest BCUT2D eigenvalue weighted by Gasteiger charge is -2.07. The standard InChI is InChI=1S/C28H25N3O2/c1-2-33-28(32)25-17-27(31(29-25)19-22-13-7-4-8-14-22)24-20-30(18-21-11-5-3-6-12-21)26-16-10-9-15-23(24)26/h3-17,20H,2,18-19H2,1H3. The van der Waals surface area contributed by atoms with Crippen LogP contribution in [0.1, 0.15) is 28.5 Å².